The third-order valence-electron chi connectivity index (χ3n) is 5.33. The van der Waals surface area contributed by atoms with Gasteiger partial charge in [-0.3, -0.25) is 0 Å². The fourth-order valence-electron chi connectivity index (χ4n) is 3.56. The molecule has 1 aliphatic rings. The summed E-state index contributed by atoms with van der Waals surface area (Å²) >= 11 is 0. The average molecular weight is 418 g/mol. The molecule has 158 valence electrons. The van der Waals surface area contributed by atoms with E-state index in [0.717, 1.165) is 28.3 Å². The van der Waals surface area contributed by atoms with Crippen LogP contribution in [0, 0.1) is 0 Å². The first-order chi connectivity index (χ1) is 15.1. The number of fused-ring (bicyclic) bond motifs is 1. The highest BCUT2D eigenvalue weighted by Crippen LogP contribution is 2.31. The summed E-state index contributed by atoms with van der Waals surface area (Å²) in [5.41, 5.74) is 4.37. The van der Waals surface area contributed by atoms with Crippen LogP contribution in [0.1, 0.15) is 17.4 Å². The third-order valence-corrected chi connectivity index (χ3v) is 5.33. The number of hydrogen-bond donors (Lipinski definition) is 0. The molecule has 31 heavy (non-hydrogen) atoms. The molecule has 4 aromatic rings. The Morgan fingerprint density at radius 2 is 1.97 bits per heavy atom. The second-order valence-electron chi connectivity index (χ2n) is 7.51. The predicted octanol–water partition coefficient (Wildman–Crippen LogP) is 3.34. The fraction of sp³-hybridized carbons (Fsp3) is 0.273. The summed E-state index contributed by atoms with van der Waals surface area (Å²) in [6, 6.07) is 15.8. The van der Waals surface area contributed by atoms with Crippen LogP contribution in [0.2, 0.25) is 0 Å². The minimum atomic E-state index is -0.109. The second-order valence-corrected chi connectivity index (χ2v) is 7.51. The van der Waals surface area contributed by atoms with Gasteiger partial charge >= 0.3 is 0 Å². The van der Waals surface area contributed by atoms with Crippen molar-refractivity contribution in [2.24, 2.45) is 0 Å². The maximum absolute atomic E-state index is 6.08. The maximum Gasteiger partial charge on any atom is 0.258 e. The Balaban J connectivity index is 1.38. The van der Waals surface area contributed by atoms with Gasteiger partial charge in [-0.25, -0.2) is 4.68 Å². The summed E-state index contributed by atoms with van der Waals surface area (Å²) < 4.78 is 18.7. The SMILES string of the molecule is COc1ccc([C@@H]2Cn3nnc(-c4noc(-c5cccc(N(C)C)c5)n4)c3CO2)cc1. The van der Waals surface area contributed by atoms with Crippen molar-refractivity contribution < 1.29 is 14.0 Å². The van der Waals surface area contributed by atoms with Crippen LogP contribution in [0.4, 0.5) is 5.69 Å². The number of rotatable bonds is 5. The van der Waals surface area contributed by atoms with Gasteiger partial charge in [0, 0.05) is 25.3 Å². The number of anilines is 1. The molecule has 2 aromatic carbocycles. The van der Waals surface area contributed by atoms with Crippen molar-refractivity contribution in [2.45, 2.75) is 19.3 Å². The molecule has 0 bridgehead atoms. The van der Waals surface area contributed by atoms with E-state index in [2.05, 4.69) is 20.5 Å². The average Bonchev–Trinajstić information content (AvgIpc) is 3.46. The van der Waals surface area contributed by atoms with E-state index in [1.807, 2.05) is 72.2 Å². The molecule has 0 aliphatic carbocycles. The molecule has 9 heteroatoms. The largest absolute Gasteiger partial charge is 0.497 e. The number of nitrogens with zero attached hydrogens (tertiary/aromatic N) is 6. The molecule has 9 nitrogen and oxygen atoms in total. The van der Waals surface area contributed by atoms with Crippen LogP contribution in [0.3, 0.4) is 0 Å². The summed E-state index contributed by atoms with van der Waals surface area (Å²) in [5, 5.41) is 12.7. The normalized spacial score (nSPS) is 15.5. The van der Waals surface area contributed by atoms with Crippen molar-refractivity contribution in [3.8, 4) is 28.7 Å². The summed E-state index contributed by atoms with van der Waals surface area (Å²) in [7, 11) is 5.62. The highest BCUT2D eigenvalue weighted by molar-refractivity contribution is 5.63. The van der Waals surface area contributed by atoms with Crippen molar-refractivity contribution in [2.75, 3.05) is 26.1 Å². The molecule has 0 spiro atoms. The van der Waals surface area contributed by atoms with E-state index in [-0.39, 0.29) is 6.10 Å². The molecule has 0 amide bonds. The Morgan fingerprint density at radius 3 is 2.74 bits per heavy atom. The Morgan fingerprint density at radius 1 is 1.13 bits per heavy atom. The maximum atomic E-state index is 6.08. The van der Waals surface area contributed by atoms with Crippen molar-refractivity contribution in [1.82, 2.24) is 25.1 Å². The molecule has 5 rings (SSSR count). The van der Waals surface area contributed by atoms with Crippen LogP contribution in [-0.4, -0.2) is 46.3 Å². The monoisotopic (exact) mass is 418 g/mol. The number of benzene rings is 2. The summed E-state index contributed by atoms with van der Waals surface area (Å²) in [4.78, 5) is 6.57. The molecular formula is C22H22N6O3. The minimum absolute atomic E-state index is 0.109. The van der Waals surface area contributed by atoms with Crippen molar-refractivity contribution in [3.63, 3.8) is 0 Å². The van der Waals surface area contributed by atoms with Gasteiger partial charge in [0.2, 0.25) is 5.82 Å². The molecule has 1 atom stereocenters. The van der Waals surface area contributed by atoms with Crippen LogP contribution in [-0.2, 0) is 17.9 Å². The van der Waals surface area contributed by atoms with Gasteiger partial charge < -0.3 is 18.9 Å². The van der Waals surface area contributed by atoms with Gasteiger partial charge in [0.1, 0.15) is 11.9 Å². The highest BCUT2D eigenvalue weighted by Gasteiger charge is 2.27. The minimum Gasteiger partial charge on any atom is -0.497 e. The molecule has 0 radical (unpaired) electrons. The Labute approximate surface area is 179 Å². The van der Waals surface area contributed by atoms with E-state index < -0.39 is 0 Å². The lowest BCUT2D eigenvalue weighted by molar-refractivity contribution is -0.00114. The van der Waals surface area contributed by atoms with Gasteiger partial charge in [-0.2, -0.15) is 4.98 Å². The van der Waals surface area contributed by atoms with Gasteiger partial charge in [0.15, 0.2) is 5.69 Å². The number of hydrogen-bond acceptors (Lipinski definition) is 8. The second kappa shape index (κ2) is 7.84. The Bertz CT molecular complexity index is 1200. The molecule has 0 saturated heterocycles. The van der Waals surface area contributed by atoms with Crippen molar-refractivity contribution in [1.29, 1.82) is 0 Å². The van der Waals surface area contributed by atoms with E-state index >= 15 is 0 Å². The zero-order valence-electron chi connectivity index (χ0n) is 17.5. The molecule has 0 N–H and O–H groups in total. The zero-order valence-corrected chi connectivity index (χ0v) is 17.5. The lowest BCUT2D eigenvalue weighted by atomic mass is 10.1. The van der Waals surface area contributed by atoms with Gasteiger partial charge in [0.25, 0.3) is 5.89 Å². The van der Waals surface area contributed by atoms with E-state index in [4.69, 9.17) is 14.0 Å². The van der Waals surface area contributed by atoms with E-state index in [9.17, 15) is 0 Å². The van der Waals surface area contributed by atoms with Gasteiger partial charge in [-0.15, -0.1) is 5.10 Å². The zero-order chi connectivity index (χ0) is 21.4. The Hall–Kier alpha value is -3.72. The first kappa shape index (κ1) is 19.3. The molecule has 3 heterocycles. The van der Waals surface area contributed by atoms with E-state index in [1.165, 1.54) is 0 Å². The van der Waals surface area contributed by atoms with Crippen molar-refractivity contribution >= 4 is 5.69 Å². The van der Waals surface area contributed by atoms with Crippen LogP contribution in [0.25, 0.3) is 23.0 Å². The predicted molar refractivity (Wildman–Crippen MR) is 114 cm³/mol. The van der Waals surface area contributed by atoms with Gasteiger partial charge in [0.05, 0.1) is 26.0 Å². The lowest BCUT2D eigenvalue weighted by Gasteiger charge is -2.24. The standard InChI is InChI=1S/C22H22N6O3/c1-27(2)16-6-4-5-15(11-16)22-23-21(25-31-22)20-18-13-30-19(12-28(18)26-24-20)14-7-9-17(29-3)10-8-14/h4-11,19H,12-13H2,1-3H3/t19-/m0/s1. The molecular weight excluding hydrogens is 396 g/mol. The summed E-state index contributed by atoms with van der Waals surface area (Å²) in [5.74, 6) is 1.65. The fourth-order valence-corrected chi connectivity index (χ4v) is 3.56. The first-order valence-electron chi connectivity index (χ1n) is 9.92. The van der Waals surface area contributed by atoms with Crippen LogP contribution < -0.4 is 9.64 Å². The summed E-state index contributed by atoms with van der Waals surface area (Å²) in [6.45, 7) is 0.920. The quantitative estimate of drug-likeness (QED) is 0.487. The molecule has 1 aliphatic heterocycles. The lowest BCUT2D eigenvalue weighted by Crippen LogP contribution is -2.22. The van der Waals surface area contributed by atoms with Crippen LogP contribution in [0.5, 0.6) is 5.75 Å². The van der Waals surface area contributed by atoms with Gasteiger partial charge in [-0.1, -0.05) is 28.6 Å². The first-order valence-corrected chi connectivity index (χ1v) is 9.92. The number of methoxy groups -OCH3 is 1. The van der Waals surface area contributed by atoms with Crippen molar-refractivity contribution in [3.05, 3.63) is 59.8 Å². The molecule has 0 fully saturated rings. The highest BCUT2D eigenvalue weighted by atomic mass is 16.5. The van der Waals surface area contributed by atoms with Crippen LogP contribution in [0.15, 0.2) is 53.1 Å². The van der Waals surface area contributed by atoms with Gasteiger partial charge in [-0.05, 0) is 35.9 Å². The van der Waals surface area contributed by atoms with Crippen LogP contribution >= 0.6 is 0 Å². The summed E-state index contributed by atoms with van der Waals surface area (Å²) in [6.07, 6.45) is -0.109. The Kier molecular flexibility index (Phi) is 4.87. The smallest absolute Gasteiger partial charge is 0.258 e. The topological polar surface area (TPSA) is 91.3 Å². The molecule has 2 aromatic heterocycles. The third kappa shape index (κ3) is 3.64. The molecule has 0 unspecified atom stereocenters. The molecule has 0 saturated carbocycles. The van der Waals surface area contributed by atoms with E-state index in [0.29, 0.717) is 30.6 Å². The number of aromatic nitrogens is 5. The number of ether oxygens (including phenoxy) is 2. The van der Waals surface area contributed by atoms with E-state index in [1.54, 1.807) is 7.11 Å².